The standard InChI is InChI=1S/C6H12N4O/c1-10-3-6(8-9-10)2-5(7)4-11/h3,5,11H,2,4,7H2,1H3. The van der Waals surface area contributed by atoms with Crippen molar-refractivity contribution < 1.29 is 5.11 Å². The van der Waals surface area contributed by atoms with Gasteiger partial charge in [0.05, 0.1) is 12.3 Å². The summed E-state index contributed by atoms with van der Waals surface area (Å²) in [7, 11) is 1.79. The minimum atomic E-state index is -0.230. The first-order valence-electron chi connectivity index (χ1n) is 3.44. The van der Waals surface area contributed by atoms with Crippen LogP contribution in [0.5, 0.6) is 0 Å². The lowest BCUT2D eigenvalue weighted by molar-refractivity contribution is 0.264. The van der Waals surface area contributed by atoms with Crippen LogP contribution in [0.3, 0.4) is 0 Å². The van der Waals surface area contributed by atoms with Gasteiger partial charge in [0.15, 0.2) is 0 Å². The SMILES string of the molecule is Cn1cc(CC(N)CO)nn1. The average molecular weight is 156 g/mol. The second kappa shape index (κ2) is 3.45. The lowest BCUT2D eigenvalue weighted by Crippen LogP contribution is -2.26. The highest BCUT2D eigenvalue weighted by Crippen LogP contribution is 1.94. The Morgan fingerprint density at radius 2 is 2.55 bits per heavy atom. The molecule has 0 aliphatic rings. The molecule has 5 heteroatoms. The third-order valence-electron chi connectivity index (χ3n) is 1.36. The molecule has 1 aromatic heterocycles. The van der Waals surface area contributed by atoms with Crippen LogP contribution in [0, 0.1) is 0 Å². The third kappa shape index (κ3) is 2.28. The highest BCUT2D eigenvalue weighted by Gasteiger charge is 2.04. The summed E-state index contributed by atoms with van der Waals surface area (Å²) in [6.45, 7) is -0.0173. The van der Waals surface area contributed by atoms with E-state index in [2.05, 4.69) is 10.3 Å². The summed E-state index contributed by atoms with van der Waals surface area (Å²) in [4.78, 5) is 0. The molecule has 0 aromatic carbocycles. The Labute approximate surface area is 64.8 Å². The van der Waals surface area contributed by atoms with E-state index in [-0.39, 0.29) is 12.6 Å². The molecule has 0 saturated carbocycles. The highest BCUT2D eigenvalue weighted by atomic mass is 16.3. The number of hydrogen-bond donors (Lipinski definition) is 2. The van der Waals surface area contributed by atoms with Crippen molar-refractivity contribution in [1.29, 1.82) is 0 Å². The lowest BCUT2D eigenvalue weighted by atomic mass is 10.2. The molecule has 0 aliphatic carbocycles. The predicted molar refractivity (Wildman–Crippen MR) is 39.8 cm³/mol. The Hall–Kier alpha value is -0.940. The fourth-order valence-electron chi connectivity index (χ4n) is 0.822. The molecule has 0 amide bonds. The first kappa shape index (κ1) is 8.16. The summed E-state index contributed by atoms with van der Waals surface area (Å²) in [5, 5.41) is 16.2. The predicted octanol–water partition coefficient (Wildman–Crippen LogP) is -1.32. The quantitative estimate of drug-likeness (QED) is 0.569. The van der Waals surface area contributed by atoms with E-state index in [0.717, 1.165) is 5.69 Å². The number of aliphatic hydroxyl groups is 1. The maximum atomic E-state index is 8.62. The molecule has 0 saturated heterocycles. The summed E-state index contributed by atoms with van der Waals surface area (Å²) in [5.74, 6) is 0. The van der Waals surface area contributed by atoms with E-state index in [1.165, 1.54) is 0 Å². The average Bonchev–Trinajstić information content (AvgIpc) is 2.35. The number of aromatic nitrogens is 3. The molecule has 62 valence electrons. The van der Waals surface area contributed by atoms with E-state index in [9.17, 15) is 0 Å². The molecule has 0 radical (unpaired) electrons. The van der Waals surface area contributed by atoms with Gasteiger partial charge < -0.3 is 10.8 Å². The van der Waals surface area contributed by atoms with E-state index in [1.54, 1.807) is 17.9 Å². The fraction of sp³-hybridized carbons (Fsp3) is 0.667. The molecule has 1 aromatic rings. The molecule has 0 bridgehead atoms. The summed E-state index contributed by atoms with van der Waals surface area (Å²) < 4.78 is 1.61. The Kier molecular flexibility index (Phi) is 2.56. The minimum absolute atomic E-state index is 0.0173. The van der Waals surface area contributed by atoms with Crippen molar-refractivity contribution in [1.82, 2.24) is 15.0 Å². The van der Waals surface area contributed by atoms with Crippen LogP contribution in [0.4, 0.5) is 0 Å². The molecule has 1 rings (SSSR count). The first-order valence-corrected chi connectivity index (χ1v) is 3.44. The van der Waals surface area contributed by atoms with Gasteiger partial charge in [0, 0.05) is 25.7 Å². The molecule has 1 heterocycles. The van der Waals surface area contributed by atoms with Gasteiger partial charge in [0.2, 0.25) is 0 Å². The van der Waals surface area contributed by atoms with Crippen LogP contribution in [-0.4, -0.2) is 32.7 Å². The smallest absolute Gasteiger partial charge is 0.0843 e. The van der Waals surface area contributed by atoms with Crippen molar-refractivity contribution in [2.45, 2.75) is 12.5 Å². The zero-order chi connectivity index (χ0) is 8.27. The van der Waals surface area contributed by atoms with Gasteiger partial charge in [-0.05, 0) is 0 Å². The van der Waals surface area contributed by atoms with Crippen LogP contribution in [0.2, 0.25) is 0 Å². The van der Waals surface area contributed by atoms with Crippen molar-refractivity contribution in [3.05, 3.63) is 11.9 Å². The molecular weight excluding hydrogens is 144 g/mol. The van der Waals surface area contributed by atoms with Crippen molar-refractivity contribution in [2.75, 3.05) is 6.61 Å². The van der Waals surface area contributed by atoms with Crippen molar-refractivity contribution in [3.63, 3.8) is 0 Å². The Morgan fingerprint density at radius 1 is 1.82 bits per heavy atom. The van der Waals surface area contributed by atoms with E-state index in [4.69, 9.17) is 10.8 Å². The Balaban J connectivity index is 2.50. The molecule has 5 nitrogen and oxygen atoms in total. The number of nitrogens with two attached hydrogens (primary N) is 1. The maximum Gasteiger partial charge on any atom is 0.0843 e. The van der Waals surface area contributed by atoms with Gasteiger partial charge in [-0.25, -0.2) is 0 Å². The Bertz CT molecular complexity index is 222. The van der Waals surface area contributed by atoms with Crippen LogP contribution >= 0.6 is 0 Å². The third-order valence-corrected chi connectivity index (χ3v) is 1.36. The number of nitrogens with zero attached hydrogens (tertiary/aromatic N) is 3. The normalized spacial score (nSPS) is 13.4. The van der Waals surface area contributed by atoms with Crippen molar-refractivity contribution in [2.24, 2.45) is 12.8 Å². The first-order chi connectivity index (χ1) is 5.22. The molecular formula is C6H12N4O. The van der Waals surface area contributed by atoms with E-state index in [1.807, 2.05) is 0 Å². The van der Waals surface area contributed by atoms with Crippen LogP contribution < -0.4 is 5.73 Å². The largest absolute Gasteiger partial charge is 0.395 e. The Morgan fingerprint density at radius 3 is 3.00 bits per heavy atom. The topological polar surface area (TPSA) is 77.0 Å². The molecule has 1 atom stereocenters. The van der Waals surface area contributed by atoms with Gasteiger partial charge in [0.1, 0.15) is 0 Å². The van der Waals surface area contributed by atoms with Gasteiger partial charge in [-0.2, -0.15) is 0 Å². The van der Waals surface area contributed by atoms with E-state index in [0.29, 0.717) is 6.42 Å². The number of aliphatic hydroxyl groups excluding tert-OH is 1. The fourth-order valence-corrected chi connectivity index (χ4v) is 0.822. The molecule has 0 spiro atoms. The maximum absolute atomic E-state index is 8.62. The molecule has 1 unspecified atom stereocenters. The number of hydrogen-bond acceptors (Lipinski definition) is 4. The van der Waals surface area contributed by atoms with Gasteiger partial charge in [-0.1, -0.05) is 5.21 Å². The second-order valence-electron chi connectivity index (χ2n) is 2.53. The summed E-state index contributed by atoms with van der Waals surface area (Å²) in [5.41, 5.74) is 6.30. The van der Waals surface area contributed by atoms with Crippen LogP contribution in [0.15, 0.2) is 6.20 Å². The van der Waals surface area contributed by atoms with Crippen molar-refractivity contribution >= 4 is 0 Å². The zero-order valence-corrected chi connectivity index (χ0v) is 6.44. The molecule has 3 N–H and O–H groups in total. The van der Waals surface area contributed by atoms with Crippen molar-refractivity contribution in [3.8, 4) is 0 Å². The number of rotatable bonds is 3. The van der Waals surface area contributed by atoms with Crippen LogP contribution in [0.25, 0.3) is 0 Å². The van der Waals surface area contributed by atoms with E-state index >= 15 is 0 Å². The van der Waals surface area contributed by atoms with Gasteiger partial charge in [0.25, 0.3) is 0 Å². The van der Waals surface area contributed by atoms with Crippen LogP contribution in [-0.2, 0) is 13.5 Å². The van der Waals surface area contributed by atoms with Gasteiger partial charge >= 0.3 is 0 Å². The van der Waals surface area contributed by atoms with Crippen LogP contribution in [0.1, 0.15) is 5.69 Å². The minimum Gasteiger partial charge on any atom is -0.395 e. The summed E-state index contributed by atoms with van der Waals surface area (Å²) >= 11 is 0. The molecule has 0 fully saturated rings. The lowest BCUT2D eigenvalue weighted by Gasteiger charge is -2.02. The monoisotopic (exact) mass is 156 g/mol. The number of aryl methyl sites for hydroxylation is 1. The highest BCUT2D eigenvalue weighted by molar-refractivity contribution is 4.94. The zero-order valence-electron chi connectivity index (χ0n) is 6.44. The van der Waals surface area contributed by atoms with E-state index < -0.39 is 0 Å². The second-order valence-corrected chi connectivity index (χ2v) is 2.53. The molecule has 0 aliphatic heterocycles. The summed E-state index contributed by atoms with van der Waals surface area (Å²) in [6.07, 6.45) is 2.36. The van der Waals surface area contributed by atoms with Gasteiger partial charge in [-0.15, -0.1) is 5.10 Å². The summed E-state index contributed by atoms with van der Waals surface area (Å²) in [6, 6.07) is -0.230. The molecule has 11 heavy (non-hydrogen) atoms. The van der Waals surface area contributed by atoms with Gasteiger partial charge in [-0.3, -0.25) is 4.68 Å².